The molecular weight excluding hydrogens is 300 g/mol. The van der Waals surface area contributed by atoms with Crippen molar-refractivity contribution < 1.29 is 5.11 Å². The van der Waals surface area contributed by atoms with E-state index in [0.717, 1.165) is 36.3 Å². The van der Waals surface area contributed by atoms with Gasteiger partial charge in [0.15, 0.2) is 0 Å². The molecule has 0 fully saturated rings. The van der Waals surface area contributed by atoms with Crippen molar-refractivity contribution in [2.24, 2.45) is 5.41 Å². The van der Waals surface area contributed by atoms with Crippen LogP contribution in [-0.4, -0.2) is 31.0 Å². The van der Waals surface area contributed by atoms with Gasteiger partial charge in [-0.2, -0.15) is 5.10 Å². The maximum absolute atomic E-state index is 9.36. The largest absolute Gasteiger partial charge is 0.396 e. The SMILES string of the molecule is CC(C)(CO)CCCn1cncc1-c1cnn(-c2ccccc2)c1. The van der Waals surface area contributed by atoms with E-state index in [1.54, 1.807) is 0 Å². The van der Waals surface area contributed by atoms with Crippen LogP contribution in [0.15, 0.2) is 55.2 Å². The van der Waals surface area contributed by atoms with Crippen LogP contribution in [0.25, 0.3) is 16.9 Å². The van der Waals surface area contributed by atoms with E-state index in [0.29, 0.717) is 0 Å². The lowest BCUT2D eigenvalue weighted by molar-refractivity contribution is 0.146. The van der Waals surface area contributed by atoms with Crippen LogP contribution in [0.1, 0.15) is 26.7 Å². The summed E-state index contributed by atoms with van der Waals surface area (Å²) in [5, 5.41) is 13.8. The van der Waals surface area contributed by atoms with Crippen molar-refractivity contribution in [3.63, 3.8) is 0 Å². The van der Waals surface area contributed by atoms with E-state index < -0.39 is 0 Å². The first-order valence-corrected chi connectivity index (χ1v) is 8.30. The number of hydrogen-bond donors (Lipinski definition) is 1. The maximum Gasteiger partial charge on any atom is 0.0950 e. The van der Waals surface area contributed by atoms with Gasteiger partial charge in [-0.25, -0.2) is 9.67 Å². The van der Waals surface area contributed by atoms with Gasteiger partial charge in [0.25, 0.3) is 0 Å². The first kappa shape index (κ1) is 16.5. The van der Waals surface area contributed by atoms with Crippen LogP contribution < -0.4 is 0 Å². The van der Waals surface area contributed by atoms with Crippen molar-refractivity contribution in [2.45, 2.75) is 33.2 Å². The number of para-hydroxylation sites is 1. The molecule has 0 spiro atoms. The minimum Gasteiger partial charge on any atom is -0.396 e. The third-order valence-corrected chi connectivity index (χ3v) is 4.29. The molecule has 0 amide bonds. The normalized spacial score (nSPS) is 11.8. The molecule has 126 valence electrons. The molecule has 0 saturated heterocycles. The summed E-state index contributed by atoms with van der Waals surface area (Å²) in [6.07, 6.45) is 9.62. The van der Waals surface area contributed by atoms with Gasteiger partial charge in [-0.15, -0.1) is 0 Å². The second kappa shape index (κ2) is 7.01. The van der Waals surface area contributed by atoms with E-state index in [1.165, 1.54) is 0 Å². The summed E-state index contributed by atoms with van der Waals surface area (Å²) in [6, 6.07) is 10.1. The van der Waals surface area contributed by atoms with Crippen LogP contribution in [0.2, 0.25) is 0 Å². The third kappa shape index (κ3) is 3.74. The second-order valence-corrected chi connectivity index (χ2v) is 6.91. The van der Waals surface area contributed by atoms with Crippen molar-refractivity contribution in [1.82, 2.24) is 19.3 Å². The van der Waals surface area contributed by atoms with Gasteiger partial charge >= 0.3 is 0 Å². The van der Waals surface area contributed by atoms with Gasteiger partial charge in [0.05, 0.1) is 30.1 Å². The number of aliphatic hydroxyl groups is 1. The van der Waals surface area contributed by atoms with Gasteiger partial charge < -0.3 is 9.67 Å². The van der Waals surface area contributed by atoms with Crippen molar-refractivity contribution in [1.29, 1.82) is 0 Å². The van der Waals surface area contributed by atoms with E-state index in [1.807, 2.05) is 59.9 Å². The molecule has 1 aromatic carbocycles. The second-order valence-electron chi connectivity index (χ2n) is 6.91. The van der Waals surface area contributed by atoms with Gasteiger partial charge in [0.1, 0.15) is 0 Å². The van der Waals surface area contributed by atoms with E-state index in [-0.39, 0.29) is 12.0 Å². The summed E-state index contributed by atoms with van der Waals surface area (Å²) in [5.74, 6) is 0. The first-order valence-electron chi connectivity index (χ1n) is 8.30. The predicted molar refractivity (Wildman–Crippen MR) is 94.9 cm³/mol. The van der Waals surface area contributed by atoms with E-state index in [9.17, 15) is 5.11 Å². The molecular formula is C19H24N4O. The van der Waals surface area contributed by atoms with E-state index in [4.69, 9.17) is 0 Å². The highest BCUT2D eigenvalue weighted by molar-refractivity contribution is 5.57. The quantitative estimate of drug-likeness (QED) is 0.723. The fraction of sp³-hybridized carbons (Fsp3) is 0.368. The Morgan fingerprint density at radius 1 is 1.12 bits per heavy atom. The van der Waals surface area contributed by atoms with Crippen LogP contribution in [-0.2, 0) is 6.54 Å². The van der Waals surface area contributed by atoms with Gasteiger partial charge in [-0.1, -0.05) is 32.0 Å². The van der Waals surface area contributed by atoms with Gasteiger partial charge in [-0.05, 0) is 30.4 Å². The summed E-state index contributed by atoms with van der Waals surface area (Å²) in [6.45, 7) is 5.28. The lowest BCUT2D eigenvalue weighted by Gasteiger charge is -2.21. The predicted octanol–water partition coefficient (Wildman–Crippen LogP) is 3.53. The van der Waals surface area contributed by atoms with Crippen molar-refractivity contribution in [3.8, 4) is 16.9 Å². The topological polar surface area (TPSA) is 55.9 Å². The number of rotatable bonds is 7. The number of aryl methyl sites for hydroxylation is 1. The minimum absolute atomic E-state index is 0.0288. The molecule has 0 bridgehead atoms. The Hall–Kier alpha value is -2.40. The third-order valence-electron chi connectivity index (χ3n) is 4.29. The van der Waals surface area contributed by atoms with E-state index in [2.05, 4.69) is 28.5 Å². The molecule has 1 N–H and O–H groups in total. The fourth-order valence-corrected chi connectivity index (χ4v) is 2.72. The lowest BCUT2D eigenvalue weighted by Crippen LogP contribution is -2.17. The molecule has 0 aliphatic carbocycles. The summed E-state index contributed by atoms with van der Waals surface area (Å²) in [4.78, 5) is 4.29. The van der Waals surface area contributed by atoms with Gasteiger partial charge in [-0.3, -0.25) is 0 Å². The Labute approximate surface area is 142 Å². The van der Waals surface area contributed by atoms with Crippen LogP contribution in [0.5, 0.6) is 0 Å². The van der Waals surface area contributed by atoms with Crippen molar-refractivity contribution in [2.75, 3.05) is 6.61 Å². The van der Waals surface area contributed by atoms with Crippen LogP contribution >= 0.6 is 0 Å². The minimum atomic E-state index is -0.0288. The van der Waals surface area contributed by atoms with E-state index >= 15 is 0 Å². The Balaban J connectivity index is 1.73. The van der Waals surface area contributed by atoms with Crippen LogP contribution in [0.4, 0.5) is 0 Å². The van der Waals surface area contributed by atoms with Crippen molar-refractivity contribution in [3.05, 3.63) is 55.2 Å². The molecule has 0 radical (unpaired) electrons. The zero-order chi connectivity index (χ0) is 17.0. The molecule has 0 aliphatic rings. The maximum atomic E-state index is 9.36. The molecule has 5 nitrogen and oxygen atoms in total. The molecule has 3 rings (SSSR count). The molecule has 3 aromatic rings. The Kier molecular flexibility index (Phi) is 4.81. The molecule has 5 heteroatoms. The lowest BCUT2D eigenvalue weighted by atomic mass is 9.89. The molecule has 2 aromatic heterocycles. The van der Waals surface area contributed by atoms with Gasteiger partial charge in [0, 0.05) is 24.9 Å². The number of nitrogens with zero attached hydrogens (tertiary/aromatic N) is 4. The zero-order valence-corrected chi connectivity index (χ0v) is 14.3. The number of imidazole rings is 1. The van der Waals surface area contributed by atoms with Gasteiger partial charge in [0.2, 0.25) is 0 Å². The number of aromatic nitrogens is 4. The molecule has 2 heterocycles. The monoisotopic (exact) mass is 324 g/mol. The Morgan fingerprint density at radius 3 is 2.67 bits per heavy atom. The van der Waals surface area contributed by atoms with Crippen LogP contribution in [0, 0.1) is 5.41 Å². The Morgan fingerprint density at radius 2 is 1.92 bits per heavy atom. The standard InChI is InChI=1S/C19H24N4O/c1-19(2,14-24)9-6-10-22-15-20-12-18(22)16-11-21-23(13-16)17-7-4-3-5-8-17/h3-5,7-8,11-13,15,24H,6,9-10,14H2,1-2H3. The fourth-order valence-electron chi connectivity index (χ4n) is 2.72. The highest BCUT2D eigenvalue weighted by Crippen LogP contribution is 2.24. The van der Waals surface area contributed by atoms with Crippen LogP contribution in [0.3, 0.4) is 0 Å². The molecule has 0 aliphatic heterocycles. The number of benzene rings is 1. The number of aliphatic hydroxyl groups excluding tert-OH is 1. The average molecular weight is 324 g/mol. The average Bonchev–Trinajstić information content (AvgIpc) is 3.24. The highest BCUT2D eigenvalue weighted by atomic mass is 16.3. The number of hydrogen-bond acceptors (Lipinski definition) is 3. The zero-order valence-electron chi connectivity index (χ0n) is 14.3. The smallest absolute Gasteiger partial charge is 0.0950 e. The highest BCUT2D eigenvalue weighted by Gasteiger charge is 2.16. The molecule has 24 heavy (non-hydrogen) atoms. The summed E-state index contributed by atoms with van der Waals surface area (Å²) in [5.41, 5.74) is 3.13. The summed E-state index contributed by atoms with van der Waals surface area (Å²) in [7, 11) is 0. The molecule has 0 unspecified atom stereocenters. The summed E-state index contributed by atoms with van der Waals surface area (Å²) < 4.78 is 4.03. The summed E-state index contributed by atoms with van der Waals surface area (Å²) >= 11 is 0. The first-order chi connectivity index (χ1) is 11.6. The van der Waals surface area contributed by atoms with Crippen molar-refractivity contribution >= 4 is 0 Å². The molecule has 0 atom stereocenters. The Bertz CT molecular complexity index is 774. The molecule has 0 saturated carbocycles.